The number of rotatable bonds is 1. The molecule has 0 saturated carbocycles. The summed E-state index contributed by atoms with van der Waals surface area (Å²) >= 11 is 0. The molecule has 0 aromatic rings. The third-order valence-corrected chi connectivity index (χ3v) is 3.07. The van der Waals surface area contributed by atoms with Crippen molar-refractivity contribution >= 4 is 0 Å². The second kappa shape index (κ2) is 6.46. The second-order valence-corrected chi connectivity index (χ2v) is 4.46. The van der Waals surface area contributed by atoms with Crippen molar-refractivity contribution in [2.24, 2.45) is 0 Å². The van der Waals surface area contributed by atoms with Gasteiger partial charge in [0.2, 0.25) is 0 Å². The molecule has 2 rings (SSSR count). The van der Waals surface area contributed by atoms with Crippen LogP contribution < -0.4 is 5.43 Å². The minimum Gasteiger partial charge on any atom is -0.252 e. The molecule has 0 amide bonds. The Morgan fingerprint density at radius 3 is 2.81 bits per heavy atom. The zero-order chi connectivity index (χ0) is 11.1. The van der Waals surface area contributed by atoms with Crippen LogP contribution in [0.4, 0.5) is 0 Å². The fraction of sp³-hybridized carbons (Fsp3) is 0.714. The van der Waals surface area contributed by atoms with Crippen molar-refractivity contribution in [3.05, 3.63) is 0 Å². The monoisotopic (exact) mass is 216 g/mol. The molecule has 0 aromatic carbocycles. The van der Waals surface area contributed by atoms with E-state index in [4.69, 9.17) is 0 Å². The van der Waals surface area contributed by atoms with Gasteiger partial charge >= 0.3 is 0 Å². The highest BCUT2D eigenvalue weighted by Crippen LogP contribution is 2.12. The van der Waals surface area contributed by atoms with Crippen LogP contribution in [0.3, 0.4) is 0 Å². The molecule has 1 atom stereocenters. The summed E-state index contributed by atoms with van der Waals surface area (Å²) in [5.41, 5.74) is 3.40. The van der Waals surface area contributed by atoms with E-state index in [9.17, 15) is 0 Å². The molecule has 0 aromatic heterocycles. The van der Waals surface area contributed by atoms with Crippen molar-refractivity contribution in [2.45, 2.75) is 57.4 Å². The van der Waals surface area contributed by atoms with E-state index in [1.165, 1.54) is 32.1 Å². The largest absolute Gasteiger partial charge is 0.252 e. The Bertz CT molecular complexity index is 292. The second-order valence-electron chi connectivity index (χ2n) is 4.46. The van der Waals surface area contributed by atoms with E-state index in [1.807, 2.05) is 0 Å². The molecule has 1 aliphatic heterocycles. The summed E-state index contributed by atoms with van der Waals surface area (Å²) in [6, 6.07) is 3.51. The minimum absolute atomic E-state index is 0.297. The lowest BCUT2D eigenvalue weighted by Gasteiger charge is -2.26. The van der Waals surface area contributed by atoms with Gasteiger partial charge in [0.15, 0.2) is 0 Å². The van der Waals surface area contributed by atoms with E-state index in [0.29, 0.717) is 6.04 Å². The molecule has 2 aliphatic rings. The predicted molar refractivity (Wildman–Crippen MR) is 66.1 cm³/mol. The Kier molecular flexibility index (Phi) is 4.59. The van der Waals surface area contributed by atoms with Crippen molar-refractivity contribution in [1.82, 2.24) is 10.4 Å². The van der Waals surface area contributed by atoms with E-state index < -0.39 is 0 Å². The summed E-state index contributed by atoms with van der Waals surface area (Å²) in [6.45, 7) is 1.03. The SMILES string of the molecule is C1#CC(N2C#CCCCCN2)CCCCC1. The first-order valence-corrected chi connectivity index (χ1v) is 6.46. The molecule has 86 valence electrons. The summed E-state index contributed by atoms with van der Waals surface area (Å²) in [7, 11) is 0. The molecule has 2 heteroatoms. The molecule has 0 spiro atoms. The Morgan fingerprint density at radius 2 is 1.81 bits per heavy atom. The molecule has 1 N–H and O–H groups in total. The molecular weight excluding hydrogens is 196 g/mol. The summed E-state index contributed by atoms with van der Waals surface area (Å²) in [6.07, 6.45) is 9.50. The van der Waals surface area contributed by atoms with E-state index in [0.717, 1.165) is 25.8 Å². The van der Waals surface area contributed by atoms with Crippen LogP contribution in [0.5, 0.6) is 0 Å². The van der Waals surface area contributed by atoms with Crippen LogP contribution in [0.15, 0.2) is 0 Å². The lowest BCUT2D eigenvalue weighted by Crippen LogP contribution is -2.42. The van der Waals surface area contributed by atoms with Crippen LogP contribution in [-0.4, -0.2) is 17.6 Å². The first kappa shape index (κ1) is 11.4. The van der Waals surface area contributed by atoms with Crippen LogP contribution in [0, 0.1) is 23.8 Å². The van der Waals surface area contributed by atoms with Gasteiger partial charge in [0, 0.05) is 25.4 Å². The number of hydrazine groups is 1. The van der Waals surface area contributed by atoms with E-state index in [2.05, 4.69) is 34.2 Å². The van der Waals surface area contributed by atoms with Gasteiger partial charge in [0.1, 0.15) is 6.04 Å². The van der Waals surface area contributed by atoms with E-state index in [1.54, 1.807) is 0 Å². The zero-order valence-corrected chi connectivity index (χ0v) is 9.89. The maximum absolute atomic E-state index is 3.40. The Balaban J connectivity index is 2.01. The van der Waals surface area contributed by atoms with E-state index >= 15 is 0 Å². The number of nitrogens with zero attached hydrogens (tertiary/aromatic N) is 1. The first-order valence-electron chi connectivity index (χ1n) is 6.46. The maximum Gasteiger partial charge on any atom is 0.114 e. The molecule has 0 saturated heterocycles. The Morgan fingerprint density at radius 1 is 0.938 bits per heavy atom. The van der Waals surface area contributed by atoms with Gasteiger partial charge in [-0.1, -0.05) is 24.7 Å². The summed E-state index contributed by atoms with van der Waals surface area (Å²) in [4.78, 5) is 0. The number of hydrogen-bond acceptors (Lipinski definition) is 2. The highest BCUT2D eigenvalue weighted by Gasteiger charge is 2.14. The average Bonchev–Trinajstić information content (AvgIpc) is 2.18. The van der Waals surface area contributed by atoms with Gasteiger partial charge in [-0.05, 0) is 25.7 Å². The van der Waals surface area contributed by atoms with Gasteiger partial charge in [-0.25, -0.2) is 5.43 Å². The van der Waals surface area contributed by atoms with Gasteiger partial charge in [-0.2, -0.15) is 0 Å². The standard InChI is InChI=1S/C14H20N2/c1-2-6-10-14(11-7-3-1)16-13-9-5-4-8-12-15-16/h14-15H,1-6,8,10,12H2. The van der Waals surface area contributed by atoms with Crippen LogP contribution in [-0.2, 0) is 0 Å². The van der Waals surface area contributed by atoms with Crippen molar-refractivity contribution in [3.63, 3.8) is 0 Å². The van der Waals surface area contributed by atoms with Crippen LogP contribution in [0.2, 0.25) is 0 Å². The minimum atomic E-state index is 0.297. The van der Waals surface area contributed by atoms with E-state index in [-0.39, 0.29) is 0 Å². The van der Waals surface area contributed by atoms with Crippen molar-refractivity contribution in [2.75, 3.05) is 6.54 Å². The van der Waals surface area contributed by atoms with Gasteiger partial charge in [0.25, 0.3) is 0 Å². The van der Waals surface area contributed by atoms with Gasteiger partial charge < -0.3 is 0 Å². The van der Waals surface area contributed by atoms with Crippen molar-refractivity contribution in [3.8, 4) is 23.8 Å². The molecule has 0 fully saturated rings. The molecular formula is C14H20N2. The molecule has 2 nitrogen and oxygen atoms in total. The number of hydrogen-bond donors (Lipinski definition) is 1. The molecule has 16 heavy (non-hydrogen) atoms. The lowest BCUT2D eigenvalue weighted by atomic mass is 10.0. The normalized spacial score (nSPS) is 26.0. The number of nitrogens with one attached hydrogen (secondary N) is 1. The summed E-state index contributed by atoms with van der Waals surface area (Å²) in [5.74, 6) is 9.84. The van der Waals surface area contributed by atoms with Gasteiger partial charge in [0.05, 0.1) is 0 Å². The smallest absolute Gasteiger partial charge is 0.114 e. The van der Waals surface area contributed by atoms with Crippen LogP contribution >= 0.6 is 0 Å². The lowest BCUT2D eigenvalue weighted by molar-refractivity contribution is 0.232. The molecule has 0 bridgehead atoms. The zero-order valence-electron chi connectivity index (χ0n) is 9.89. The third kappa shape index (κ3) is 3.47. The van der Waals surface area contributed by atoms with Gasteiger partial charge in [-0.3, -0.25) is 5.01 Å². The molecule has 0 radical (unpaired) electrons. The fourth-order valence-electron chi connectivity index (χ4n) is 2.09. The van der Waals surface area contributed by atoms with Crippen molar-refractivity contribution in [1.29, 1.82) is 0 Å². The van der Waals surface area contributed by atoms with Gasteiger partial charge in [-0.15, -0.1) is 5.92 Å². The highest BCUT2D eigenvalue weighted by molar-refractivity contribution is 5.13. The molecule has 1 heterocycles. The highest BCUT2D eigenvalue weighted by atomic mass is 15.5. The Hall–Kier alpha value is -1.12. The first-order chi connectivity index (χ1) is 7.97. The summed E-state index contributed by atoms with van der Waals surface area (Å²) in [5, 5.41) is 2.05. The summed E-state index contributed by atoms with van der Waals surface area (Å²) < 4.78 is 0. The third-order valence-electron chi connectivity index (χ3n) is 3.07. The topological polar surface area (TPSA) is 15.3 Å². The predicted octanol–water partition coefficient (Wildman–Crippen LogP) is 2.27. The fourth-order valence-corrected chi connectivity index (χ4v) is 2.09. The van der Waals surface area contributed by atoms with Crippen molar-refractivity contribution < 1.29 is 0 Å². The quantitative estimate of drug-likeness (QED) is 0.676. The molecule has 1 unspecified atom stereocenters. The van der Waals surface area contributed by atoms with Crippen LogP contribution in [0.25, 0.3) is 0 Å². The maximum atomic E-state index is 3.40. The van der Waals surface area contributed by atoms with Crippen LogP contribution in [0.1, 0.15) is 51.4 Å². The Labute approximate surface area is 98.8 Å². The average molecular weight is 216 g/mol. The molecule has 1 aliphatic carbocycles.